The summed E-state index contributed by atoms with van der Waals surface area (Å²) >= 11 is 6.77. The van der Waals surface area contributed by atoms with Gasteiger partial charge in [-0.3, -0.25) is 14.9 Å². The smallest absolute Gasteiger partial charge is 0.343 e. The number of aryl methyl sites for hydroxylation is 1. The molecule has 0 atom stereocenters. The minimum absolute atomic E-state index is 0.244. The summed E-state index contributed by atoms with van der Waals surface area (Å²) in [6.45, 7) is 3.56. The highest BCUT2D eigenvalue weighted by Gasteiger charge is 2.37. The van der Waals surface area contributed by atoms with E-state index in [2.05, 4.69) is 41.9 Å². The van der Waals surface area contributed by atoms with E-state index in [4.69, 9.17) is 9.47 Å². The van der Waals surface area contributed by atoms with Crippen molar-refractivity contribution in [3.8, 4) is 11.5 Å². The van der Waals surface area contributed by atoms with Crippen LogP contribution in [0.5, 0.6) is 11.5 Å². The number of ether oxygens (including phenoxy) is 3. The number of anilines is 1. The zero-order valence-corrected chi connectivity index (χ0v) is 21.6. The Bertz CT molecular complexity index is 1210. The van der Waals surface area contributed by atoms with Gasteiger partial charge >= 0.3 is 12.0 Å². The molecule has 178 valence electrons. The molecule has 0 unspecified atom stereocenters. The number of halogens is 2. The van der Waals surface area contributed by atoms with Crippen LogP contribution >= 0.6 is 31.9 Å². The third kappa shape index (κ3) is 5.48. The van der Waals surface area contributed by atoms with Crippen molar-refractivity contribution in [3.63, 3.8) is 0 Å². The first-order chi connectivity index (χ1) is 16.2. The van der Waals surface area contributed by atoms with Crippen molar-refractivity contribution < 1.29 is 33.4 Å². The van der Waals surface area contributed by atoms with E-state index in [0.29, 0.717) is 28.1 Å². The summed E-state index contributed by atoms with van der Waals surface area (Å²) in [4.78, 5) is 50.5. The minimum Gasteiger partial charge on any atom is -0.490 e. The molecule has 0 saturated carbocycles. The molecule has 1 fully saturated rings. The second-order valence-corrected chi connectivity index (χ2v) is 8.72. The predicted molar refractivity (Wildman–Crippen MR) is 131 cm³/mol. The summed E-state index contributed by atoms with van der Waals surface area (Å²) in [6, 6.07) is 7.23. The second-order valence-electron chi connectivity index (χ2n) is 7.01. The van der Waals surface area contributed by atoms with E-state index in [0.717, 1.165) is 14.9 Å². The Morgan fingerprint density at radius 2 is 1.76 bits per heavy atom. The van der Waals surface area contributed by atoms with Crippen LogP contribution in [0.15, 0.2) is 44.9 Å². The number of barbiturate groups is 1. The lowest BCUT2D eigenvalue weighted by molar-refractivity contribution is -0.143. The van der Waals surface area contributed by atoms with Crippen LogP contribution in [0.2, 0.25) is 0 Å². The lowest BCUT2D eigenvalue weighted by Crippen LogP contribution is -2.54. The molecule has 9 nitrogen and oxygen atoms in total. The summed E-state index contributed by atoms with van der Waals surface area (Å²) in [5.74, 6) is -1.60. The van der Waals surface area contributed by atoms with Crippen molar-refractivity contribution in [2.45, 2.75) is 13.8 Å². The standard InChI is InChI=1S/C23H20Br2N2O7/c1-4-33-18-9-13(17(25)10-19(18)34-11-20(28)32-3)8-15-21(29)26-23(31)27(22(15)30)14-5-6-16(24)12(2)7-14/h5-10H,4,11H2,1-3H3,(H,26,29,31)/b15-8+. The number of imide groups is 2. The monoisotopic (exact) mass is 594 g/mol. The maximum Gasteiger partial charge on any atom is 0.343 e. The van der Waals surface area contributed by atoms with Crippen LogP contribution in [0.4, 0.5) is 10.5 Å². The molecular weight excluding hydrogens is 576 g/mol. The lowest BCUT2D eigenvalue weighted by atomic mass is 10.1. The topological polar surface area (TPSA) is 111 Å². The number of benzene rings is 2. The molecule has 0 radical (unpaired) electrons. The number of carbonyl (C=O) groups excluding carboxylic acids is 4. The number of rotatable bonds is 7. The van der Waals surface area contributed by atoms with Crippen molar-refractivity contribution in [3.05, 3.63) is 56.0 Å². The number of nitrogens with zero attached hydrogens (tertiary/aromatic N) is 1. The largest absolute Gasteiger partial charge is 0.490 e. The highest BCUT2D eigenvalue weighted by Crippen LogP contribution is 2.35. The Kier molecular flexibility index (Phi) is 8.11. The van der Waals surface area contributed by atoms with Crippen LogP contribution in [0.1, 0.15) is 18.1 Å². The van der Waals surface area contributed by atoms with Gasteiger partial charge in [0.25, 0.3) is 11.8 Å². The molecule has 11 heteroatoms. The summed E-state index contributed by atoms with van der Waals surface area (Å²) in [6.07, 6.45) is 1.35. The van der Waals surface area contributed by atoms with Gasteiger partial charge in [0.15, 0.2) is 18.1 Å². The van der Waals surface area contributed by atoms with Crippen LogP contribution in [-0.2, 0) is 19.1 Å². The molecule has 1 N–H and O–H groups in total. The Morgan fingerprint density at radius 1 is 1.06 bits per heavy atom. The predicted octanol–water partition coefficient (Wildman–Crippen LogP) is 4.14. The number of amides is 4. The molecule has 3 rings (SSSR count). The van der Waals surface area contributed by atoms with Gasteiger partial charge in [-0.2, -0.15) is 0 Å². The molecule has 0 aliphatic carbocycles. The normalized spacial score (nSPS) is 14.8. The van der Waals surface area contributed by atoms with E-state index < -0.39 is 23.8 Å². The van der Waals surface area contributed by atoms with Gasteiger partial charge in [0.1, 0.15) is 5.57 Å². The third-order valence-corrected chi connectivity index (χ3v) is 6.31. The molecule has 0 spiro atoms. The fraction of sp³-hybridized carbons (Fsp3) is 0.217. The molecule has 1 saturated heterocycles. The number of methoxy groups -OCH3 is 1. The van der Waals surface area contributed by atoms with E-state index in [1.165, 1.54) is 13.2 Å². The van der Waals surface area contributed by atoms with Crippen molar-refractivity contribution in [1.29, 1.82) is 0 Å². The fourth-order valence-electron chi connectivity index (χ4n) is 3.05. The van der Waals surface area contributed by atoms with Crippen LogP contribution in [-0.4, -0.2) is 44.1 Å². The number of urea groups is 1. The second kappa shape index (κ2) is 10.8. The fourth-order valence-corrected chi connectivity index (χ4v) is 3.74. The van der Waals surface area contributed by atoms with Gasteiger partial charge in [0.2, 0.25) is 0 Å². The molecule has 1 heterocycles. The van der Waals surface area contributed by atoms with E-state index in [9.17, 15) is 19.2 Å². The molecule has 2 aromatic carbocycles. The Balaban J connectivity index is 2.00. The van der Waals surface area contributed by atoms with Crippen LogP contribution in [0.25, 0.3) is 6.08 Å². The number of esters is 1. The van der Waals surface area contributed by atoms with Gasteiger partial charge in [0.05, 0.1) is 19.4 Å². The first kappa shape index (κ1) is 25.4. The van der Waals surface area contributed by atoms with E-state index in [-0.39, 0.29) is 17.9 Å². The van der Waals surface area contributed by atoms with E-state index >= 15 is 0 Å². The van der Waals surface area contributed by atoms with Crippen molar-refractivity contribution in [1.82, 2.24) is 5.32 Å². The highest BCUT2D eigenvalue weighted by molar-refractivity contribution is 9.10. The average molecular weight is 596 g/mol. The van der Waals surface area contributed by atoms with Crippen LogP contribution < -0.4 is 19.7 Å². The summed E-state index contributed by atoms with van der Waals surface area (Å²) in [5, 5.41) is 2.20. The number of hydrogen-bond donors (Lipinski definition) is 1. The SMILES string of the molecule is CCOc1cc(/C=C2\C(=O)NC(=O)N(c3ccc(Br)c(C)c3)C2=O)c(Br)cc1OCC(=O)OC. The lowest BCUT2D eigenvalue weighted by Gasteiger charge is -2.27. The Hall–Kier alpha value is -3.18. The summed E-state index contributed by atoms with van der Waals surface area (Å²) in [7, 11) is 1.25. The van der Waals surface area contributed by atoms with E-state index in [1.807, 2.05) is 6.92 Å². The molecule has 1 aliphatic rings. The summed E-state index contributed by atoms with van der Waals surface area (Å²) in [5.41, 5.74) is 1.31. The Labute approximate surface area is 212 Å². The van der Waals surface area contributed by atoms with E-state index in [1.54, 1.807) is 37.3 Å². The van der Waals surface area contributed by atoms with Crippen LogP contribution in [0.3, 0.4) is 0 Å². The molecule has 34 heavy (non-hydrogen) atoms. The average Bonchev–Trinajstić information content (AvgIpc) is 2.79. The van der Waals surface area contributed by atoms with Gasteiger partial charge in [-0.1, -0.05) is 31.9 Å². The zero-order valence-electron chi connectivity index (χ0n) is 18.4. The molecule has 1 aliphatic heterocycles. The maximum atomic E-state index is 13.2. The summed E-state index contributed by atoms with van der Waals surface area (Å²) < 4.78 is 16.9. The van der Waals surface area contributed by atoms with Gasteiger partial charge in [-0.15, -0.1) is 0 Å². The third-order valence-electron chi connectivity index (χ3n) is 4.74. The Morgan fingerprint density at radius 3 is 2.41 bits per heavy atom. The molecule has 0 bridgehead atoms. The van der Waals surface area contributed by atoms with Gasteiger partial charge in [-0.05, 0) is 61.4 Å². The maximum absolute atomic E-state index is 13.2. The molecule has 0 aromatic heterocycles. The van der Waals surface area contributed by atoms with Crippen molar-refractivity contribution in [2.24, 2.45) is 0 Å². The number of nitrogens with one attached hydrogen (secondary N) is 1. The number of carbonyl (C=O) groups is 4. The minimum atomic E-state index is -0.838. The van der Waals surface area contributed by atoms with Crippen molar-refractivity contribution in [2.75, 3.05) is 25.2 Å². The molecule has 2 aromatic rings. The highest BCUT2D eigenvalue weighted by atomic mass is 79.9. The molecular formula is C23H20Br2N2O7. The zero-order chi connectivity index (χ0) is 25.0. The van der Waals surface area contributed by atoms with Gasteiger partial charge < -0.3 is 14.2 Å². The molecule has 4 amide bonds. The van der Waals surface area contributed by atoms with Crippen molar-refractivity contribution >= 4 is 67.4 Å². The first-order valence-corrected chi connectivity index (χ1v) is 11.6. The van der Waals surface area contributed by atoms with Gasteiger partial charge in [-0.25, -0.2) is 14.5 Å². The van der Waals surface area contributed by atoms with Gasteiger partial charge in [0, 0.05) is 8.95 Å². The first-order valence-electron chi connectivity index (χ1n) is 9.99. The number of hydrogen-bond acceptors (Lipinski definition) is 7. The quantitative estimate of drug-likeness (QED) is 0.291. The van der Waals surface area contributed by atoms with Crippen LogP contribution in [0, 0.1) is 6.92 Å².